The molecule has 0 aliphatic carbocycles. The number of hydrogen-bond acceptors (Lipinski definition) is 4. The van der Waals surface area contributed by atoms with Gasteiger partial charge >= 0.3 is 0 Å². The number of carbonyl (C=O) groups excluding carboxylic acids is 2. The molecule has 1 aliphatic rings. The van der Waals surface area contributed by atoms with Gasteiger partial charge in [-0.3, -0.25) is 9.59 Å². The van der Waals surface area contributed by atoms with Crippen LogP contribution < -0.4 is 5.32 Å². The van der Waals surface area contributed by atoms with Crippen LogP contribution in [-0.4, -0.2) is 34.8 Å². The summed E-state index contributed by atoms with van der Waals surface area (Å²) in [7, 11) is 0. The van der Waals surface area contributed by atoms with Crippen molar-refractivity contribution in [1.82, 2.24) is 15.2 Å². The van der Waals surface area contributed by atoms with E-state index in [1.165, 1.54) is 11.3 Å². The lowest BCUT2D eigenvalue weighted by molar-refractivity contribution is -0.131. The number of aromatic nitrogens is 1. The molecule has 0 atom stereocenters. The highest BCUT2D eigenvalue weighted by Crippen LogP contribution is 2.31. The summed E-state index contributed by atoms with van der Waals surface area (Å²) >= 11 is 13.6. The Morgan fingerprint density at radius 1 is 1.06 bits per heavy atom. The van der Waals surface area contributed by atoms with Crippen molar-refractivity contribution in [2.24, 2.45) is 0 Å². The molecule has 3 aromatic rings. The fraction of sp³-hybridized carbons (Fsp3) is 0.292. The zero-order valence-corrected chi connectivity index (χ0v) is 19.7. The van der Waals surface area contributed by atoms with Crippen LogP contribution in [0, 0.1) is 0 Å². The smallest absolute Gasteiger partial charge is 0.271 e. The van der Waals surface area contributed by atoms with Gasteiger partial charge in [0.25, 0.3) is 5.91 Å². The normalized spacial score (nSPS) is 14.4. The fourth-order valence-electron chi connectivity index (χ4n) is 3.75. The number of halogens is 2. The van der Waals surface area contributed by atoms with Crippen molar-refractivity contribution in [2.75, 3.05) is 13.1 Å². The third-order valence-electron chi connectivity index (χ3n) is 5.62. The second kappa shape index (κ2) is 10.5. The number of likely N-dealkylation sites (tertiary alicyclic amines) is 1. The summed E-state index contributed by atoms with van der Waals surface area (Å²) in [6, 6.07) is 14.8. The van der Waals surface area contributed by atoms with E-state index < -0.39 is 0 Å². The standard InChI is InChI=1S/C24H23Cl2N3O2S/c25-19-7-5-16(6-8-19)14-27-23(31)21-15-32-24(28-21)17-9-11-29(12-10-17)22(30)13-18-3-1-2-4-20(18)26/h1-8,15,17H,9-14H2,(H,27,31). The first kappa shape index (κ1) is 22.8. The van der Waals surface area contributed by atoms with Gasteiger partial charge in [0.2, 0.25) is 5.91 Å². The minimum absolute atomic E-state index is 0.0953. The molecule has 0 spiro atoms. The maximum atomic E-state index is 12.7. The average molecular weight is 488 g/mol. The lowest BCUT2D eigenvalue weighted by Gasteiger charge is -2.31. The molecule has 5 nitrogen and oxygen atoms in total. The van der Waals surface area contributed by atoms with E-state index in [4.69, 9.17) is 23.2 Å². The molecule has 0 saturated carbocycles. The number of piperidine rings is 1. The molecule has 2 amide bonds. The lowest BCUT2D eigenvalue weighted by atomic mass is 9.97. The number of amides is 2. The van der Waals surface area contributed by atoms with Crippen molar-refractivity contribution in [3.8, 4) is 0 Å². The van der Waals surface area contributed by atoms with Crippen molar-refractivity contribution < 1.29 is 9.59 Å². The van der Waals surface area contributed by atoms with E-state index in [1.807, 2.05) is 46.7 Å². The molecule has 1 fully saturated rings. The second-order valence-corrected chi connectivity index (χ2v) is 9.54. The third kappa shape index (κ3) is 5.68. The van der Waals surface area contributed by atoms with Crippen LogP contribution in [-0.2, 0) is 17.8 Å². The highest BCUT2D eigenvalue weighted by molar-refractivity contribution is 7.09. The Bertz CT molecular complexity index is 1090. The summed E-state index contributed by atoms with van der Waals surface area (Å²) in [5.74, 6) is 0.176. The van der Waals surface area contributed by atoms with Crippen LogP contribution in [0.15, 0.2) is 53.9 Å². The summed E-state index contributed by atoms with van der Waals surface area (Å²) in [5, 5.41) is 6.96. The Labute approximate surface area is 201 Å². The summed E-state index contributed by atoms with van der Waals surface area (Å²) in [6.45, 7) is 1.80. The maximum absolute atomic E-state index is 12.7. The number of hydrogen-bond donors (Lipinski definition) is 1. The molecule has 1 saturated heterocycles. The number of thiazole rings is 1. The van der Waals surface area contributed by atoms with E-state index in [0.29, 0.717) is 41.8 Å². The molecule has 0 radical (unpaired) electrons. The molecular formula is C24H23Cl2N3O2S. The van der Waals surface area contributed by atoms with Crippen molar-refractivity contribution in [1.29, 1.82) is 0 Å². The minimum atomic E-state index is -0.185. The third-order valence-corrected chi connectivity index (χ3v) is 7.25. The van der Waals surface area contributed by atoms with Crippen LogP contribution in [0.4, 0.5) is 0 Å². The van der Waals surface area contributed by atoms with Gasteiger partial charge in [0.1, 0.15) is 5.69 Å². The molecule has 1 aliphatic heterocycles. The molecule has 1 N–H and O–H groups in total. The molecule has 0 bridgehead atoms. The summed E-state index contributed by atoms with van der Waals surface area (Å²) in [4.78, 5) is 31.6. The van der Waals surface area contributed by atoms with Gasteiger partial charge < -0.3 is 10.2 Å². The number of benzene rings is 2. The second-order valence-electron chi connectivity index (χ2n) is 7.80. The van der Waals surface area contributed by atoms with Crippen LogP contribution in [0.25, 0.3) is 0 Å². The summed E-state index contributed by atoms with van der Waals surface area (Å²) < 4.78 is 0. The molecule has 0 unspecified atom stereocenters. The van der Waals surface area contributed by atoms with Gasteiger partial charge in [-0.15, -0.1) is 11.3 Å². The molecule has 32 heavy (non-hydrogen) atoms. The molecule has 8 heteroatoms. The topological polar surface area (TPSA) is 62.3 Å². The maximum Gasteiger partial charge on any atom is 0.271 e. The van der Waals surface area contributed by atoms with E-state index in [0.717, 1.165) is 29.0 Å². The first-order chi connectivity index (χ1) is 15.5. The zero-order chi connectivity index (χ0) is 22.5. The number of nitrogens with one attached hydrogen (secondary N) is 1. The quantitative estimate of drug-likeness (QED) is 0.510. The van der Waals surface area contributed by atoms with Crippen LogP contribution >= 0.6 is 34.5 Å². The van der Waals surface area contributed by atoms with Gasteiger partial charge in [-0.05, 0) is 42.2 Å². The van der Waals surface area contributed by atoms with E-state index in [9.17, 15) is 9.59 Å². The largest absolute Gasteiger partial charge is 0.347 e. The van der Waals surface area contributed by atoms with Gasteiger partial charge in [-0.1, -0.05) is 53.5 Å². The first-order valence-corrected chi connectivity index (χ1v) is 12.1. The predicted octanol–water partition coefficient (Wildman–Crippen LogP) is 5.33. The van der Waals surface area contributed by atoms with E-state index in [-0.39, 0.29) is 17.7 Å². The van der Waals surface area contributed by atoms with E-state index in [2.05, 4.69) is 10.3 Å². The van der Waals surface area contributed by atoms with Gasteiger partial charge in [0, 0.05) is 41.0 Å². The van der Waals surface area contributed by atoms with Crippen molar-refractivity contribution in [3.05, 3.63) is 85.8 Å². The molecule has 2 aromatic carbocycles. The Morgan fingerprint density at radius 3 is 2.50 bits per heavy atom. The SMILES string of the molecule is O=C(NCc1ccc(Cl)cc1)c1csc(C2CCN(C(=O)Cc3ccccc3Cl)CC2)n1. The van der Waals surface area contributed by atoms with E-state index >= 15 is 0 Å². The number of rotatable bonds is 6. The molecular weight excluding hydrogens is 465 g/mol. The predicted molar refractivity (Wildman–Crippen MR) is 128 cm³/mol. The van der Waals surface area contributed by atoms with Gasteiger partial charge in [-0.2, -0.15) is 0 Å². The first-order valence-electron chi connectivity index (χ1n) is 10.5. The van der Waals surface area contributed by atoms with Crippen molar-refractivity contribution in [3.63, 3.8) is 0 Å². The molecule has 2 heterocycles. The summed E-state index contributed by atoms with van der Waals surface area (Å²) in [6.07, 6.45) is 2.00. The van der Waals surface area contributed by atoms with Gasteiger partial charge in [0.05, 0.1) is 11.4 Å². The lowest BCUT2D eigenvalue weighted by Crippen LogP contribution is -2.38. The number of nitrogens with zero attached hydrogens (tertiary/aromatic N) is 2. The zero-order valence-electron chi connectivity index (χ0n) is 17.4. The van der Waals surface area contributed by atoms with Crippen LogP contribution in [0.1, 0.15) is 45.4 Å². The van der Waals surface area contributed by atoms with Crippen LogP contribution in [0.2, 0.25) is 10.0 Å². The Hall–Kier alpha value is -2.41. The highest BCUT2D eigenvalue weighted by atomic mass is 35.5. The monoisotopic (exact) mass is 487 g/mol. The Balaban J connectivity index is 1.28. The Kier molecular flexibility index (Phi) is 7.45. The van der Waals surface area contributed by atoms with E-state index in [1.54, 1.807) is 12.1 Å². The highest BCUT2D eigenvalue weighted by Gasteiger charge is 2.26. The molecule has 1 aromatic heterocycles. The van der Waals surface area contributed by atoms with Gasteiger partial charge in [0.15, 0.2) is 0 Å². The molecule has 166 valence electrons. The average Bonchev–Trinajstić information content (AvgIpc) is 3.30. The van der Waals surface area contributed by atoms with Crippen LogP contribution in [0.5, 0.6) is 0 Å². The molecule has 4 rings (SSSR count). The Morgan fingerprint density at radius 2 is 1.78 bits per heavy atom. The fourth-order valence-corrected chi connectivity index (χ4v) is 5.05. The minimum Gasteiger partial charge on any atom is -0.347 e. The summed E-state index contributed by atoms with van der Waals surface area (Å²) in [5.41, 5.74) is 2.28. The number of carbonyl (C=O) groups is 2. The van der Waals surface area contributed by atoms with Crippen molar-refractivity contribution >= 4 is 46.4 Å². The van der Waals surface area contributed by atoms with Crippen LogP contribution in [0.3, 0.4) is 0 Å². The van der Waals surface area contributed by atoms with Gasteiger partial charge in [-0.25, -0.2) is 4.98 Å². The van der Waals surface area contributed by atoms with Crippen molar-refractivity contribution in [2.45, 2.75) is 31.7 Å².